The van der Waals surface area contributed by atoms with Crippen molar-refractivity contribution < 1.29 is 8.42 Å². The predicted molar refractivity (Wildman–Crippen MR) is 75.4 cm³/mol. The Hall–Kier alpha value is -0.580. The van der Waals surface area contributed by atoms with Crippen molar-refractivity contribution in [3.8, 4) is 0 Å². The van der Waals surface area contributed by atoms with E-state index in [1.165, 1.54) is 6.07 Å². The molecule has 0 aliphatic rings. The number of unbranched alkanes of at least 4 members (excludes halogenated alkanes) is 2. The molecular formula is C13H20ClNO2S. The summed E-state index contributed by atoms with van der Waals surface area (Å²) in [5.41, 5.74) is 0. The minimum absolute atomic E-state index is 0.0551. The predicted octanol–water partition coefficient (Wildman–Crippen LogP) is 3.59. The summed E-state index contributed by atoms with van der Waals surface area (Å²) in [4.78, 5) is 0.220. The Morgan fingerprint density at radius 2 is 2.06 bits per heavy atom. The maximum absolute atomic E-state index is 12.1. The summed E-state index contributed by atoms with van der Waals surface area (Å²) in [6.45, 7) is 4.01. The Morgan fingerprint density at radius 3 is 2.67 bits per heavy atom. The molecule has 0 aliphatic carbocycles. The topological polar surface area (TPSA) is 46.2 Å². The van der Waals surface area contributed by atoms with Gasteiger partial charge in [0, 0.05) is 11.1 Å². The maximum Gasteiger partial charge on any atom is 0.240 e. The van der Waals surface area contributed by atoms with E-state index in [9.17, 15) is 8.42 Å². The summed E-state index contributed by atoms with van der Waals surface area (Å²) in [7, 11) is -3.45. The average Bonchev–Trinajstić information content (AvgIpc) is 2.28. The Labute approximate surface area is 115 Å². The Bertz CT molecular complexity index is 474. The number of hydrogen-bond acceptors (Lipinski definition) is 2. The standard InChI is InChI=1S/C13H20ClNO2S/c1-3-4-5-7-11(2)15-18(16,17)13-9-6-8-12(14)10-13/h6,8-11,15H,3-5,7H2,1-2H3. The zero-order valence-electron chi connectivity index (χ0n) is 10.8. The molecule has 0 heterocycles. The summed E-state index contributed by atoms with van der Waals surface area (Å²) in [5, 5.41) is 0.427. The van der Waals surface area contributed by atoms with Gasteiger partial charge in [0.05, 0.1) is 4.90 Å². The van der Waals surface area contributed by atoms with Gasteiger partial charge in [-0.3, -0.25) is 0 Å². The molecule has 0 aromatic heterocycles. The molecule has 0 fully saturated rings. The van der Waals surface area contributed by atoms with Crippen molar-refractivity contribution in [2.24, 2.45) is 0 Å². The molecule has 5 heteroatoms. The maximum atomic E-state index is 12.1. The highest BCUT2D eigenvalue weighted by Gasteiger charge is 2.17. The molecule has 1 atom stereocenters. The van der Waals surface area contributed by atoms with Crippen LogP contribution in [-0.4, -0.2) is 14.5 Å². The van der Waals surface area contributed by atoms with Crippen LogP contribution in [0.15, 0.2) is 29.2 Å². The van der Waals surface area contributed by atoms with Crippen molar-refractivity contribution in [2.45, 2.75) is 50.5 Å². The molecule has 0 saturated heterocycles. The van der Waals surface area contributed by atoms with Gasteiger partial charge >= 0.3 is 0 Å². The molecule has 102 valence electrons. The SMILES string of the molecule is CCCCCC(C)NS(=O)(=O)c1cccc(Cl)c1. The third-order valence-corrected chi connectivity index (χ3v) is 4.53. The van der Waals surface area contributed by atoms with Crippen LogP contribution in [0.3, 0.4) is 0 Å². The first kappa shape index (κ1) is 15.5. The van der Waals surface area contributed by atoms with E-state index in [1.54, 1.807) is 18.2 Å². The Kier molecular flexibility index (Phi) is 6.12. The number of rotatable bonds is 7. The van der Waals surface area contributed by atoms with Gasteiger partial charge in [-0.05, 0) is 31.5 Å². The van der Waals surface area contributed by atoms with Crippen LogP contribution in [-0.2, 0) is 10.0 Å². The van der Waals surface area contributed by atoms with Crippen molar-refractivity contribution in [3.05, 3.63) is 29.3 Å². The summed E-state index contributed by atoms with van der Waals surface area (Å²) in [6, 6.07) is 6.25. The molecule has 0 radical (unpaired) electrons. The molecule has 0 saturated carbocycles. The van der Waals surface area contributed by atoms with Crippen molar-refractivity contribution in [1.82, 2.24) is 4.72 Å². The zero-order chi connectivity index (χ0) is 13.6. The van der Waals surface area contributed by atoms with Gasteiger partial charge in [0.25, 0.3) is 0 Å². The van der Waals surface area contributed by atoms with Crippen molar-refractivity contribution in [3.63, 3.8) is 0 Å². The van der Waals surface area contributed by atoms with E-state index in [4.69, 9.17) is 11.6 Å². The van der Waals surface area contributed by atoms with Gasteiger partial charge in [0.1, 0.15) is 0 Å². The second-order valence-electron chi connectivity index (χ2n) is 4.48. The fourth-order valence-corrected chi connectivity index (χ4v) is 3.30. The molecule has 0 bridgehead atoms. The molecular weight excluding hydrogens is 270 g/mol. The minimum atomic E-state index is -3.45. The van der Waals surface area contributed by atoms with Crippen molar-refractivity contribution in [1.29, 1.82) is 0 Å². The first-order valence-electron chi connectivity index (χ1n) is 6.23. The summed E-state index contributed by atoms with van der Waals surface area (Å²) < 4.78 is 26.8. The second kappa shape index (κ2) is 7.12. The smallest absolute Gasteiger partial charge is 0.208 e. The fourth-order valence-electron chi connectivity index (χ4n) is 1.73. The van der Waals surface area contributed by atoms with Gasteiger partial charge in [-0.15, -0.1) is 0 Å². The molecule has 1 rings (SSSR count). The van der Waals surface area contributed by atoms with Crippen LogP contribution in [0.5, 0.6) is 0 Å². The van der Waals surface area contributed by atoms with E-state index >= 15 is 0 Å². The van der Waals surface area contributed by atoms with Crippen molar-refractivity contribution >= 4 is 21.6 Å². The highest BCUT2D eigenvalue weighted by atomic mass is 35.5. The molecule has 18 heavy (non-hydrogen) atoms. The third-order valence-electron chi connectivity index (χ3n) is 2.70. The van der Waals surface area contributed by atoms with Gasteiger partial charge in [0.2, 0.25) is 10.0 Å². The lowest BCUT2D eigenvalue weighted by Gasteiger charge is -2.14. The number of benzene rings is 1. The van der Waals surface area contributed by atoms with Crippen LogP contribution in [0, 0.1) is 0 Å². The largest absolute Gasteiger partial charge is 0.240 e. The average molecular weight is 290 g/mol. The summed E-state index contributed by atoms with van der Waals surface area (Å²) in [6.07, 6.45) is 4.15. The quantitative estimate of drug-likeness (QED) is 0.780. The first-order valence-corrected chi connectivity index (χ1v) is 8.09. The van der Waals surface area contributed by atoms with Gasteiger partial charge in [-0.25, -0.2) is 13.1 Å². The monoisotopic (exact) mass is 289 g/mol. The van der Waals surface area contributed by atoms with Gasteiger partial charge in [-0.1, -0.05) is 43.9 Å². The van der Waals surface area contributed by atoms with Crippen LogP contribution in [0.4, 0.5) is 0 Å². The van der Waals surface area contributed by atoms with Crippen LogP contribution in [0.25, 0.3) is 0 Å². The lowest BCUT2D eigenvalue weighted by Crippen LogP contribution is -2.32. The van der Waals surface area contributed by atoms with Crippen LogP contribution in [0.1, 0.15) is 39.5 Å². The van der Waals surface area contributed by atoms with Crippen molar-refractivity contribution in [2.75, 3.05) is 0 Å². The summed E-state index contributed by atoms with van der Waals surface area (Å²) >= 11 is 5.80. The lowest BCUT2D eigenvalue weighted by atomic mass is 10.1. The van der Waals surface area contributed by atoms with E-state index in [0.717, 1.165) is 25.7 Å². The third kappa shape index (κ3) is 4.96. The lowest BCUT2D eigenvalue weighted by molar-refractivity contribution is 0.527. The normalized spacial score (nSPS) is 13.5. The second-order valence-corrected chi connectivity index (χ2v) is 6.63. The molecule has 1 aromatic rings. The van der Waals surface area contributed by atoms with E-state index in [0.29, 0.717) is 5.02 Å². The molecule has 3 nitrogen and oxygen atoms in total. The summed E-state index contributed by atoms with van der Waals surface area (Å²) in [5.74, 6) is 0. The minimum Gasteiger partial charge on any atom is -0.208 e. The highest BCUT2D eigenvalue weighted by Crippen LogP contribution is 2.16. The highest BCUT2D eigenvalue weighted by molar-refractivity contribution is 7.89. The molecule has 1 aromatic carbocycles. The van der Waals surface area contributed by atoms with Gasteiger partial charge < -0.3 is 0 Å². The first-order chi connectivity index (χ1) is 8.45. The van der Waals surface area contributed by atoms with E-state index in [1.807, 2.05) is 6.92 Å². The van der Waals surface area contributed by atoms with Gasteiger partial charge in [0.15, 0.2) is 0 Å². The van der Waals surface area contributed by atoms with E-state index < -0.39 is 10.0 Å². The Morgan fingerprint density at radius 1 is 1.33 bits per heavy atom. The van der Waals surface area contributed by atoms with Crippen LogP contribution < -0.4 is 4.72 Å². The molecule has 0 spiro atoms. The molecule has 0 aliphatic heterocycles. The number of halogens is 1. The zero-order valence-corrected chi connectivity index (χ0v) is 12.4. The number of nitrogens with one attached hydrogen (secondary N) is 1. The molecule has 1 unspecified atom stereocenters. The molecule has 1 N–H and O–H groups in total. The Balaban J connectivity index is 2.64. The number of sulfonamides is 1. The fraction of sp³-hybridized carbons (Fsp3) is 0.538. The van der Waals surface area contributed by atoms with E-state index in [-0.39, 0.29) is 10.9 Å². The van der Waals surface area contributed by atoms with E-state index in [2.05, 4.69) is 11.6 Å². The van der Waals surface area contributed by atoms with Gasteiger partial charge in [-0.2, -0.15) is 0 Å². The number of hydrogen-bond donors (Lipinski definition) is 1. The van der Waals surface area contributed by atoms with Crippen LogP contribution in [0.2, 0.25) is 5.02 Å². The van der Waals surface area contributed by atoms with Crippen LogP contribution >= 0.6 is 11.6 Å². The molecule has 0 amide bonds.